The number of hydrogen-bond donors (Lipinski definition) is 1. The summed E-state index contributed by atoms with van der Waals surface area (Å²) < 4.78 is 40.6. The summed E-state index contributed by atoms with van der Waals surface area (Å²) in [6, 6.07) is 16.6. The van der Waals surface area contributed by atoms with E-state index in [1.54, 1.807) is 30.6 Å². The van der Waals surface area contributed by atoms with Crippen molar-refractivity contribution in [2.24, 2.45) is 0 Å². The molecule has 38 heavy (non-hydrogen) atoms. The molecule has 0 aliphatic carbocycles. The topological polar surface area (TPSA) is 88.8 Å². The molecule has 4 heterocycles. The molecule has 0 saturated carbocycles. The van der Waals surface area contributed by atoms with Crippen LogP contribution in [0.4, 0.5) is 18.9 Å². The second-order valence-electron chi connectivity index (χ2n) is 8.72. The van der Waals surface area contributed by atoms with Gasteiger partial charge in [-0.05, 0) is 48.0 Å². The third-order valence-corrected chi connectivity index (χ3v) is 5.87. The Labute approximate surface area is 215 Å². The van der Waals surface area contributed by atoms with Crippen molar-refractivity contribution >= 4 is 22.5 Å². The molecule has 192 valence electrons. The molecule has 1 amide bonds. The van der Waals surface area contributed by atoms with Gasteiger partial charge >= 0.3 is 6.18 Å². The molecule has 1 aromatic carbocycles. The minimum Gasteiger partial charge on any atom is -0.378 e. The number of rotatable bonds is 6. The van der Waals surface area contributed by atoms with Crippen LogP contribution in [-0.4, -0.2) is 44.7 Å². The van der Waals surface area contributed by atoms with Gasteiger partial charge in [0.25, 0.3) is 5.91 Å². The van der Waals surface area contributed by atoms with Crippen LogP contribution >= 0.6 is 0 Å². The minimum absolute atomic E-state index is 0.148. The van der Waals surface area contributed by atoms with Crippen LogP contribution in [0.15, 0.2) is 79.3 Å². The molecule has 5 rings (SSSR count). The highest BCUT2D eigenvalue weighted by Crippen LogP contribution is 2.30. The van der Waals surface area contributed by atoms with Gasteiger partial charge < -0.3 is 10.2 Å². The van der Waals surface area contributed by atoms with Crippen molar-refractivity contribution in [3.05, 3.63) is 96.2 Å². The minimum atomic E-state index is -4.55. The summed E-state index contributed by atoms with van der Waals surface area (Å²) in [5.41, 5.74) is 2.56. The summed E-state index contributed by atoms with van der Waals surface area (Å²) in [4.78, 5) is 27.2. The highest BCUT2D eigenvalue weighted by molar-refractivity contribution is 5.92. The molecule has 0 saturated heterocycles. The predicted octanol–water partition coefficient (Wildman–Crippen LogP) is 4.89. The molecule has 0 spiro atoms. The van der Waals surface area contributed by atoms with Crippen molar-refractivity contribution in [1.29, 1.82) is 0 Å². The van der Waals surface area contributed by atoms with Crippen LogP contribution in [-0.2, 0) is 12.7 Å². The summed E-state index contributed by atoms with van der Waals surface area (Å²) in [6.45, 7) is 0.354. The lowest BCUT2D eigenvalue weighted by molar-refractivity contribution is -0.140. The third-order valence-electron chi connectivity index (χ3n) is 5.87. The predicted molar refractivity (Wildman–Crippen MR) is 137 cm³/mol. The Balaban J connectivity index is 1.35. The number of benzene rings is 1. The normalized spacial score (nSPS) is 11.5. The average molecular weight is 518 g/mol. The van der Waals surface area contributed by atoms with Gasteiger partial charge in [0.05, 0.1) is 17.4 Å². The van der Waals surface area contributed by atoms with Crippen molar-refractivity contribution < 1.29 is 18.0 Å². The maximum Gasteiger partial charge on any atom is 0.433 e. The van der Waals surface area contributed by atoms with E-state index in [1.165, 1.54) is 23.0 Å². The molecule has 0 unspecified atom stereocenters. The van der Waals surface area contributed by atoms with E-state index in [0.717, 1.165) is 17.3 Å². The number of pyridine rings is 3. The third kappa shape index (κ3) is 5.17. The van der Waals surface area contributed by atoms with Crippen molar-refractivity contribution in [3.63, 3.8) is 0 Å². The summed E-state index contributed by atoms with van der Waals surface area (Å²) in [6.07, 6.45) is 0.0315. The van der Waals surface area contributed by atoms with Gasteiger partial charge in [0.15, 0.2) is 5.82 Å². The lowest BCUT2D eigenvalue weighted by atomic mass is 10.2. The largest absolute Gasteiger partial charge is 0.433 e. The van der Waals surface area contributed by atoms with Gasteiger partial charge in [-0.2, -0.15) is 18.3 Å². The van der Waals surface area contributed by atoms with Crippen LogP contribution in [0.1, 0.15) is 21.7 Å². The number of aromatic nitrogens is 5. The molecular weight excluding hydrogens is 495 g/mol. The first-order chi connectivity index (χ1) is 18.2. The fourth-order valence-electron chi connectivity index (χ4n) is 3.86. The molecule has 0 fully saturated rings. The Morgan fingerprint density at radius 2 is 1.79 bits per heavy atom. The molecule has 0 aliphatic rings. The average Bonchev–Trinajstić information content (AvgIpc) is 3.41. The van der Waals surface area contributed by atoms with Gasteiger partial charge in [-0.25, -0.2) is 19.6 Å². The maximum absolute atomic E-state index is 13.1. The van der Waals surface area contributed by atoms with E-state index in [9.17, 15) is 18.0 Å². The zero-order chi connectivity index (χ0) is 26.9. The number of nitrogens with one attached hydrogen (secondary N) is 1. The Kier molecular flexibility index (Phi) is 6.50. The zero-order valence-electron chi connectivity index (χ0n) is 20.4. The van der Waals surface area contributed by atoms with Crippen molar-refractivity contribution in [1.82, 2.24) is 30.0 Å². The maximum atomic E-state index is 13.1. The van der Waals surface area contributed by atoms with E-state index in [2.05, 4.69) is 25.4 Å². The fourth-order valence-corrected chi connectivity index (χ4v) is 3.86. The number of anilines is 1. The lowest BCUT2D eigenvalue weighted by Crippen LogP contribution is -2.23. The van der Waals surface area contributed by atoms with Crippen LogP contribution < -0.4 is 10.2 Å². The number of halogens is 3. The SMILES string of the molecule is CN(C)c1ccc(CNC(=O)c2cccc(-c3cnn(-c4nccc5nc(C(F)(F)F)ccc45)c3)n2)cc1. The van der Waals surface area contributed by atoms with Crippen LogP contribution in [0.5, 0.6) is 0 Å². The van der Waals surface area contributed by atoms with Gasteiger partial charge in [-0.1, -0.05) is 18.2 Å². The van der Waals surface area contributed by atoms with E-state index in [-0.39, 0.29) is 17.1 Å². The molecular formula is C27H22F3N7O. The Morgan fingerprint density at radius 3 is 2.53 bits per heavy atom. The lowest BCUT2D eigenvalue weighted by Gasteiger charge is -2.13. The van der Waals surface area contributed by atoms with E-state index in [0.29, 0.717) is 29.0 Å². The Morgan fingerprint density at radius 1 is 1.00 bits per heavy atom. The number of nitrogens with zero attached hydrogens (tertiary/aromatic N) is 6. The van der Waals surface area contributed by atoms with Gasteiger partial charge in [0.1, 0.15) is 11.4 Å². The van der Waals surface area contributed by atoms with Crippen molar-refractivity contribution in [2.45, 2.75) is 12.7 Å². The molecule has 0 bridgehead atoms. The van der Waals surface area contributed by atoms with E-state index in [1.807, 2.05) is 43.3 Å². The Hall–Kier alpha value is -4.80. The first-order valence-corrected chi connectivity index (χ1v) is 11.6. The summed E-state index contributed by atoms with van der Waals surface area (Å²) in [5.74, 6) is 0.00217. The number of alkyl halides is 3. The van der Waals surface area contributed by atoms with Crippen LogP contribution in [0, 0.1) is 0 Å². The first-order valence-electron chi connectivity index (χ1n) is 11.6. The monoisotopic (exact) mass is 517 g/mol. The Bertz CT molecular complexity index is 1610. The molecule has 0 radical (unpaired) electrons. The van der Waals surface area contributed by atoms with Crippen LogP contribution in [0.3, 0.4) is 0 Å². The van der Waals surface area contributed by atoms with Crippen LogP contribution in [0.25, 0.3) is 28.0 Å². The smallest absolute Gasteiger partial charge is 0.378 e. The number of hydrogen-bond acceptors (Lipinski definition) is 6. The number of carbonyl (C=O) groups excluding carboxylic acids is 1. The van der Waals surface area contributed by atoms with Gasteiger partial charge in [0.2, 0.25) is 0 Å². The van der Waals surface area contributed by atoms with Gasteiger partial charge in [-0.3, -0.25) is 4.79 Å². The van der Waals surface area contributed by atoms with Gasteiger partial charge in [-0.15, -0.1) is 0 Å². The van der Waals surface area contributed by atoms with Crippen molar-refractivity contribution in [2.75, 3.05) is 19.0 Å². The molecule has 0 atom stereocenters. The highest BCUT2D eigenvalue weighted by Gasteiger charge is 2.32. The fraction of sp³-hybridized carbons (Fsp3) is 0.148. The number of carbonyl (C=O) groups is 1. The quantitative estimate of drug-likeness (QED) is 0.345. The van der Waals surface area contributed by atoms with Crippen molar-refractivity contribution in [3.8, 4) is 17.1 Å². The summed E-state index contributed by atoms with van der Waals surface area (Å²) in [7, 11) is 3.92. The second kappa shape index (κ2) is 9.92. The van der Waals surface area contributed by atoms with E-state index < -0.39 is 11.9 Å². The van der Waals surface area contributed by atoms with Crippen LogP contribution in [0.2, 0.25) is 0 Å². The molecule has 5 aromatic rings. The molecule has 0 aliphatic heterocycles. The molecule has 4 aromatic heterocycles. The highest BCUT2D eigenvalue weighted by atomic mass is 19.4. The van der Waals surface area contributed by atoms with E-state index >= 15 is 0 Å². The summed E-state index contributed by atoms with van der Waals surface area (Å²) in [5, 5.41) is 7.60. The first kappa shape index (κ1) is 24.9. The van der Waals surface area contributed by atoms with Gasteiger partial charge in [0, 0.05) is 49.7 Å². The second-order valence-corrected chi connectivity index (χ2v) is 8.72. The zero-order valence-corrected chi connectivity index (χ0v) is 20.4. The van der Waals surface area contributed by atoms with E-state index in [4.69, 9.17) is 0 Å². The summed E-state index contributed by atoms with van der Waals surface area (Å²) >= 11 is 0. The number of fused-ring (bicyclic) bond motifs is 1. The standard InChI is InChI=1S/C27H22F3N7O/c1-36(2)19-8-6-17(7-9-19)14-32-26(38)23-5-3-4-21(34-23)18-15-33-37(16-18)25-20-10-11-24(27(28,29)30)35-22(20)12-13-31-25/h3-13,15-16H,14H2,1-2H3,(H,32,38). The molecule has 1 N–H and O–H groups in total. The molecule has 11 heteroatoms. The number of amides is 1. The molecule has 8 nitrogen and oxygen atoms in total.